The van der Waals surface area contributed by atoms with Gasteiger partial charge in [-0.3, -0.25) is 4.79 Å². The van der Waals surface area contributed by atoms with Gasteiger partial charge in [-0.15, -0.1) is 0 Å². The molecule has 0 atom stereocenters. The Hall–Kier alpha value is -2.44. The second-order valence-electron chi connectivity index (χ2n) is 7.52. The lowest BCUT2D eigenvalue weighted by Crippen LogP contribution is -2.35. The van der Waals surface area contributed by atoms with Crippen LogP contribution in [-0.2, 0) is 21.4 Å². The van der Waals surface area contributed by atoms with Gasteiger partial charge in [-0.2, -0.15) is 4.31 Å². The van der Waals surface area contributed by atoms with Gasteiger partial charge in [0.2, 0.25) is 15.9 Å². The first kappa shape index (κ1) is 21.3. The van der Waals surface area contributed by atoms with E-state index in [2.05, 4.69) is 11.4 Å². The first-order chi connectivity index (χ1) is 13.9. The zero-order chi connectivity index (χ0) is 20.9. The second kappa shape index (κ2) is 9.37. The largest absolute Gasteiger partial charge is 0.348 e. The maximum atomic E-state index is 12.8. The molecule has 1 aliphatic rings. The molecule has 0 unspecified atom stereocenters. The lowest BCUT2D eigenvalue weighted by atomic mass is 10.1. The summed E-state index contributed by atoms with van der Waals surface area (Å²) < 4.78 is 27.2. The average Bonchev–Trinajstić information content (AvgIpc) is 2.72. The van der Waals surface area contributed by atoms with Crippen molar-refractivity contribution in [2.75, 3.05) is 13.1 Å². The van der Waals surface area contributed by atoms with Gasteiger partial charge in [-0.1, -0.05) is 42.3 Å². The standard InChI is InChI=1S/C23H28N2O3S/c1-18-9-10-21(19(2)15-18)11-12-23(26)24-17-20-7-6-8-22(16-20)29(27,28)25-13-4-3-5-14-25/h6-12,15-16H,3-5,13-14,17H2,1-2H3,(H,24,26)/b12-11+. The predicted octanol–water partition coefficient (Wildman–Crippen LogP) is 3.81. The maximum absolute atomic E-state index is 12.8. The lowest BCUT2D eigenvalue weighted by Gasteiger charge is -2.26. The molecule has 1 heterocycles. The van der Waals surface area contributed by atoms with E-state index in [1.54, 1.807) is 28.6 Å². The van der Waals surface area contributed by atoms with Gasteiger partial charge in [0.05, 0.1) is 4.90 Å². The Balaban J connectivity index is 1.63. The van der Waals surface area contributed by atoms with Crippen LogP contribution in [0.3, 0.4) is 0 Å². The lowest BCUT2D eigenvalue weighted by molar-refractivity contribution is -0.116. The van der Waals surface area contributed by atoms with E-state index in [0.29, 0.717) is 13.1 Å². The molecule has 3 rings (SSSR count). The SMILES string of the molecule is Cc1ccc(/C=C/C(=O)NCc2cccc(S(=O)(=O)N3CCCCC3)c2)c(C)c1. The van der Waals surface area contributed by atoms with Crippen molar-refractivity contribution in [1.29, 1.82) is 0 Å². The molecule has 0 aromatic heterocycles. The quantitative estimate of drug-likeness (QED) is 0.734. The highest BCUT2D eigenvalue weighted by molar-refractivity contribution is 7.89. The van der Waals surface area contributed by atoms with Crippen LogP contribution < -0.4 is 5.32 Å². The van der Waals surface area contributed by atoms with E-state index in [9.17, 15) is 13.2 Å². The molecule has 5 nitrogen and oxygen atoms in total. The van der Waals surface area contributed by atoms with Crippen molar-refractivity contribution in [3.05, 3.63) is 70.8 Å². The number of hydrogen-bond acceptors (Lipinski definition) is 3. The van der Waals surface area contributed by atoms with E-state index in [4.69, 9.17) is 0 Å². The fraction of sp³-hybridized carbons (Fsp3) is 0.348. The van der Waals surface area contributed by atoms with Gasteiger partial charge in [0, 0.05) is 25.7 Å². The van der Waals surface area contributed by atoms with Crippen LogP contribution in [0.15, 0.2) is 53.4 Å². The average molecular weight is 413 g/mol. The molecular formula is C23H28N2O3S. The van der Waals surface area contributed by atoms with Gasteiger partial charge in [-0.05, 0) is 61.6 Å². The molecule has 6 heteroatoms. The number of sulfonamides is 1. The Labute approximate surface area is 173 Å². The third kappa shape index (κ3) is 5.55. The van der Waals surface area contributed by atoms with Crippen molar-refractivity contribution >= 4 is 22.0 Å². The number of carbonyl (C=O) groups is 1. The Morgan fingerprint density at radius 1 is 1.07 bits per heavy atom. The molecule has 29 heavy (non-hydrogen) atoms. The molecule has 1 saturated heterocycles. The molecule has 0 spiro atoms. The highest BCUT2D eigenvalue weighted by Gasteiger charge is 2.25. The van der Waals surface area contributed by atoms with Crippen LogP contribution in [-0.4, -0.2) is 31.7 Å². The Morgan fingerprint density at radius 3 is 2.55 bits per heavy atom. The second-order valence-corrected chi connectivity index (χ2v) is 9.46. The molecular weight excluding hydrogens is 384 g/mol. The van der Waals surface area contributed by atoms with Gasteiger partial charge in [0.25, 0.3) is 0 Å². The third-order valence-electron chi connectivity index (χ3n) is 5.16. The van der Waals surface area contributed by atoms with Crippen LogP contribution >= 0.6 is 0 Å². The van der Waals surface area contributed by atoms with Crippen LogP contribution in [0.5, 0.6) is 0 Å². The summed E-state index contributed by atoms with van der Waals surface area (Å²) in [6.07, 6.45) is 6.19. The molecule has 0 saturated carbocycles. The topological polar surface area (TPSA) is 66.5 Å². The van der Waals surface area contributed by atoms with Crippen molar-refractivity contribution < 1.29 is 13.2 Å². The van der Waals surface area contributed by atoms with Gasteiger partial charge < -0.3 is 5.32 Å². The summed E-state index contributed by atoms with van der Waals surface area (Å²) in [5, 5.41) is 2.82. The van der Waals surface area contributed by atoms with Crippen LogP contribution in [0, 0.1) is 13.8 Å². The number of carbonyl (C=O) groups excluding carboxylic acids is 1. The molecule has 154 valence electrons. The number of amides is 1. The first-order valence-electron chi connectivity index (χ1n) is 9.98. The summed E-state index contributed by atoms with van der Waals surface area (Å²) >= 11 is 0. The summed E-state index contributed by atoms with van der Waals surface area (Å²) in [5.41, 5.74) is 4.06. The van der Waals surface area contributed by atoms with Gasteiger partial charge in [-0.25, -0.2) is 8.42 Å². The number of nitrogens with zero attached hydrogens (tertiary/aromatic N) is 1. The van der Waals surface area contributed by atoms with E-state index >= 15 is 0 Å². The summed E-state index contributed by atoms with van der Waals surface area (Å²) in [7, 11) is -3.47. The molecule has 0 aliphatic carbocycles. The smallest absolute Gasteiger partial charge is 0.244 e. The highest BCUT2D eigenvalue weighted by atomic mass is 32.2. The number of piperidine rings is 1. The molecule has 1 fully saturated rings. The van der Waals surface area contributed by atoms with Crippen molar-refractivity contribution in [2.24, 2.45) is 0 Å². The molecule has 1 aliphatic heterocycles. The van der Waals surface area contributed by atoms with Crippen LogP contribution in [0.1, 0.15) is 41.5 Å². The molecule has 0 radical (unpaired) electrons. The minimum Gasteiger partial charge on any atom is -0.348 e. The fourth-order valence-electron chi connectivity index (χ4n) is 3.50. The van der Waals surface area contributed by atoms with E-state index in [1.165, 1.54) is 11.6 Å². The van der Waals surface area contributed by atoms with Crippen LogP contribution in [0.25, 0.3) is 6.08 Å². The van der Waals surface area contributed by atoms with E-state index in [-0.39, 0.29) is 17.3 Å². The molecule has 1 N–H and O–H groups in total. The van der Waals surface area contributed by atoms with Crippen LogP contribution in [0.2, 0.25) is 0 Å². The monoisotopic (exact) mass is 412 g/mol. The fourth-order valence-corrected chi connectivity index (χ4v) is 5.08. The molecule has 2 aromatic rings. The summed E-state index contributed by atoms with van der Waals surface area (Å²) in [5.74, 6) is -0.214. The zero-order valence-corrected chi connectivity index (χ0v) is 17.8. The highest BCUT2D eigenvalue weighted by Crippen LogP contribution is 2.21. The number of hydrogen-bond donors (Lipinski definition) is 1. The van der Waals surface area contributed by atoms with Crippen LogP contribution in [0.4, 0.5) is 0 Å². The van der Waals surface area contributed by atoms with E-state index in [1.807, 2.05) is 32.0 Å². The van der Waals surface area contributed by atoms with Crippen molar-refractivity contribution in [3.63, 3.8) is 0 Å². The first-order valence-corrected chi connectivity index (χ1v) is 11.4. The number of aryl methyl sites for hydroxylation is 2. The Morgan fingerprint density at radius 2 is 1.83 bits per heavy atom. The van der Waals surface area contributed by atoms with Crippen molar-refractivity contribution in [2.45, 2.75) is 44.6 Å². The summed E-state index contributed by atoms with van der Waals surface area (Å²) in [4.78, 5) is 12.5. The van der Waals surface area contributed by atoms with E-state index < -0.39 is 10.0 Å². The summed E-state index contributed by atoms with van der Waals surface area (Å²) in [6, 6.07) is 12.9. The van der Waals surface area contributed by atoms with Gasteiger partial charge >= 0.3 is 0 Å². The minimum absolute atomic E-state index is 0.214. The predicted molar refractivity (Wildman–Crippen MR) is 116 cm³/mol. The molecule has 2 aromatic carbocycles. The molecule has 1 amide bonds. The Kier molecular flexibility index (Phi) is 6.87. The van der Waals surface area contributed by atoms with Gasteiger partial charge in [0.15, 0.2) is 0 Å². The Bertz CT molecular complexity index is 1010. The van der Waals surface area contributed by atoms with Crippen molar-refractivity contribution in [1.82, 2.24) is 9.62 Å². The van der Waals surface area contributed by atoms with Gasteiger partial charge in [0.1, 0.15) is 0 Å². The maximum Gasteiger partial charge on any atom is 0.244 e. The van der Waals surface area contributed by atoms with E-state index in [0.717, 1.165) is 36.0 Å². The molecule has 0 bridgehead atoms. The van der Waals surface area contributed by atoms with Crippen molar-refractivity contribution in [3.8, 4) is 0 Å². The third-order valence-corrected chi connectivity index (χ3v) is 7.05. The normalized spacial score (nSPS) is 15.5. The number of rotatable bonds is 6. The number of nitrogens with one attached hydrogen (secondary N) is 1. The minimum atomic E-state index is -3.47. The zero-order valence-electron chi connectivity index (χ0n) is 17.0. The summed E-state index contributed by atoms with van der Waals surface area (Å²) in [6.45, 7) is 5.48. The number of benzene rings is 2.